The molecular formula is C12H23N3O2. The van der Waals surface area contributed by atoms with Crippen molar-refractivity contribution >= 4 is 11.8 Å². The third-order valence-electron chi connectivity index (χ3n) is 3.06. The van der Waals surface area contributed by atoms with Crippen LogP contribution in [0.5, 0.6) is 0 Å². The second-order valence-electron chi connectivity index (χ2n) is 5.65. The average molecular weight is 241 g/mol. The van der Waals surface area contributed by atoms with Crippen LogP contribution in [0.4, 0.5) is 0 Å². The predicted molar refractivity (Wildman–Crippen MR) is 66.2 cm³/mol. The molecule has 5 heteroatoms. The van der Waals surface area contributed by atoms with Gasteiger partial charge in [0.1, 0.15) is 0 Å². The lowest BCUT2D eigenvalue weighted by Gasteiger charge is -2.31. The number of nitrogens with one attached hydrogen (secondary N) is 2. The van der Waals surface area contributed by atoms with Gasteiger partial charge in [0.25, 0.3) is 0 Å². The van der Waals surface area contributed by atoms with Crippen LogP contribution in [0, 0.1) is 5.92 Å². The summed E-state index contributed by atoms with van der Waals surface area (Å²) >= 11 is 0. The van der Waals surface area contributed by atoms with E-state index in [0.29, 0.717) is 5.92 Å². The maximum Gasteiger partial charge on any atom is 0.237 e. The molecule has 0 bridgehead atoms. The number of carbonyl (C=O) groups is 2. The van der Waals surface area contributed by atoms with Gasteiger partial charge in [0.2, 0.25) is 11.8 Å². The van der Waals surface area contributed by atoms with E-state index in [4.69, 9.17) is 5.73 Å². The van der Waals surface area contributed by atoms with Gasteiger partial charge in [-0.25, -0.2) is 0 Å². The smallest absolute Gasteiger partial charge is 0.237 e. The van der Waals surface area contributed by atoms with Crippen LogP contribution in [0.2, 0.25) is 0 Å². The van der Waals surface area contributed by atoms with Crippen molar-refractivity contribution in [2.45, 2.75) is 51.6 Å². The van der Waals surface area contributed by atoms with Crippen LogP contribution in [0.25, 0.3) is 0 Å². The van der Waals surface area contributed by atoms with Crippen molar-refractivity contribution < 1.29 is 9.59 Å². The average Bonchev–Trinajstić information content (AvgIpc) is 2.14. The molecule has 5 nitrogen and oxygen atoms in total. The van der Waals surface area contributed by atoms with Crippen LogP contribution in [-0.4, -0.2) is 29.9 Å². The SMILES string of the molecule is CC1CCNC(C(=O)NC(C)(C)CC(N)=O)C1. The van der Waals surface area contributed by atoms with E-state index in [0.717, 1.165) is 19.4 Å². The summed E-state index contributed by atoms with van der Waals surface area (Å²) in [6, 6.07) is -0.147. The summed E-state index contributed by atoms with van der Waals surface area (Å²) in [5, 5.41) is 6.07. The van der Waals surface area contributed by atoms with Gasteiger partial charge in [0, 0.05) is 12.0 Å². The molecule has 1 saturated heterocycles. The van der Waals surface area contributed by atoms with Crippen molar-refractivity contribution in [2.24, 2.45) is 11.7 Å². The summed E-state index contributed by atoms with van der Waals surface area (Å²) in [7, 11) is 0. The van der Waals surface area contributed by atoms with E-state index in [2.05, 4.69) is 17.6 Å². The molecule has 0 aromatic rings. The molecule has 0 aromatic heterocycles. The number of rotatable bonds is 4. The van der Waals surface area contributed by atoms with Crippen molar-refractivity contribution in [1.29, 1.82) is 0 Å². The molecule has 1 aliphatic rings. The molecule has 0 saturated carbocycles. The molecule has 1 fully saturated rings. The van der Waals surface area contributed by atoms with Crippen LogP contribution in [-0.2, 0) is 9.59 Å². The number of hydrogen-bond donors (Lipinski definition) is 3. The topological polar surface area (TPSA) is 84.2 Å². The lowest BCUT2D eigenvalue weighted by molar-refractivity contribution is -0.126. The second-order valence-corrected chi connectivity index (χ2v) is 5.65. The Morgan fingerprint density at radius 1 is 1.47 bits per heavy atom. The Bertz CT molecular complexity index is 302. The molecule has 17 heavy (non-hydrogen) atoms. The number of piperidine rings is 1. The molecule has 0 aliphatic carbocycles. The van der Waals surface area contributed by atoms with E-state index in [1.54, 1.807) is 0 Å². The molecule has 2 atom stereocenters. The first kappa shape index (κ1) is 14.0. The molecular weight excluding hydrogens is 218 g/mol. The molecule has 2 unspecified atom stereocenters. The zero-order valence-electron chi connectivity index (χ0n) is 10.9. The Hall–Kier alpha value is -1.10. The second kappa shape index (κ2) is 5.49. The highest BCUT2D eigenvalue weighted by Gasteiger charge is 2.29. The van der Waals surface area contributed by atoms with Crippen LogP contribution >= 0.6 is 0 Å². The number of amides is 2. The van der Waals surface area contributed by atoms with Crippen molar-refractivity contribution in [3.05, 3.63) is 0 Å². The molecule has 1 rings (SSSR count). The third kappa shape index (κ3) is 4.73. The van der Waals surface area contributed by atoms with Gasteiger partial charge in [0.15, 0.2) is 0 Å². The highest BCUT2D eigenvalue weighted by atomic mass is 16.2. The first-order chi connectivity index (χ1) is 7.80. The Kier molecular flexibility index (Phi) is 4.51. The summed E-state index contributed by atoms with van der Waals surface area (Å²) in [4.78, 5) is 22.9. The number of primary amides is 1. The van der Waals surface area contributed by atoms with Crippen LogP contribution < -0.4 is 16.4 Å². The minimum Gasteiger partial charge on any atom is -0.370 e. The first-order valence-electron chi connectivity index (χ1n) is 6.14. The molecule has 1 aliphatic heterocycles. The Balaban J connectivity index is 2.50. The molecule has 0 spiro atoms. The highest BCUT2D eigenvalue weighted by molar-refractivity contribution is 5.83. The lowest BCUT2D eigenvalue weighted by atomic mass is 9.92. The van der Waals surface area contributed by atoms with Crippen molar-refractivity contribution in [1.82, 2.24) is 10.6 Å². The van der Waals surface area contributed by atoms with Gasteiger partial charge in [-0.15, -0.1) is 0 Å². The van der Waals surface area contributed by atoms with Gasteiger partial charge < -0.3 is 16.4 Å². The fourth-order valence-electron chi connectivity index (χ4n) is 2.21. The zero-order chi connectivity index (χ0) is 13.1. The summed E-state index contributed by atoms with van der Waals surface area (Å²) in [6.07, 6.45) is 2.11. The van der Waals surface area contributed by atoms with Crippen molar-refractivity contribution in [3.8, 4) is 0 Å². The van der Waals surface area contributed by atoms with Gasteiger partial charge >= 0.3 is 0 Å². The molecule has 4 N–H and O–H groups in total. The standard InChI is InChI=1S/C12H23N3O2/c1-8-4-5-14-9(6-8)11(17)15-12(2,3)7-10(13)16/h8-9,14H,4-7H2,1-3H3,(H2,13,16)(H,15,17). The quantitative estimate of drug-likeness (QED) is 0.655. The zero-order valence-corrected chi connectivity index (χ0v) is 10.9. The number of carbonyl (C=O) groups excluding carboxylic acids is 2. The fourth-order valence-corrected chi connectivity index (χ4v) is 2.21. The van der Waals surface area contributed by atoms with Gasteiger partial charge in [-0.2, -0.15) is 0 Å². The fraction of sp³-hybridized carbons (Fsp3) is 0.833. The number of nitrogens with two attached hydrogens (primary N) is 1. The van der Waals surface area contributed by atoms with Crippen molar-refractivity contribution in [3.63, 3.8) is 0 Å². The third-order valence-corrected chi connectivity index (χ3v) is 3.06. The van der Waals surface area contributed by atoms with Gasteiger partial charge in [-0.1, -0.05) is 6.92 Å². The van der Waals surface area contributed by atoms with Gasteiger partial charge in [-0.05, 0) is 39.2 Å². The molecule has 98 valence electrons. The van der Waals surface area contributed by atoms with E-state index in [1.165, 1.54) is 0 Å². The van der Waals surface area contributed by atoms with Gasteiger partial charge in [-0.3, -0.25) is 9.59 Å². The van der Waals surface area contributed by atoms with Crippen LogP contribution in [0.1, 0.15) is 40.0 Å². The molecule has 2 amide bonds. The Labute approximate surface area is 103 Å². The van der Waals surface area contributed by atoms with E-state index in [1.807, 2.05) is 13.8 Å². The first-order valence-corrected chi connectivity index (χ1v) is 6.14. The van der Waals surface area contributed by atoms with Crippen molar-refractivity contribution in [2.75, 3.05) is 6.54 Å². The summed E-state index contributed by atoms with van der Waals surface area (Å²) in [5.41, 5.74) is 4.57. The summed E-state index contributed by atoms with van der Waals surface area (Å²) in [6.45, 7) is 6.63. The molecule has 0 radical (unpaired) electrons. The van der Waals surface area contributed by atoms with Gasteiger partial charge in [0.05, 0.1) is 6.04 Å². The minimum atomic E-state index is -0.578. The Morgan fingerprint density at radius 2 is 2.12 bits per heavy atom. The normalized spacial score (nSPS) is 25.4. The van der Waals surface area contributed by atoms with Crippen LogP contribution in [0.3, 0.4) is 0 Å². The summed E-state index contributed by atoms with van der Waals surface area (Å²) in [5.74, 6) is 0.120. The minimum absolute atomic E-state index is 0.0391. The highest BCUT2D eigenvalue weighted by Crippen LogP contribution is 2.16. The molecule has 1 heterocycles. The largest absolute Gasteiger partial charge is 0.370 e. The van der Waals surface area contributed by atoms with E-state index in [9.17, 15) is 9.59 Å². The Morgan fingerprint density at radius 3 is 2.65 bits per heavy atom. The summed E-state index contributed by atoms with van der Waals surface area (Å²) < 4.78 is 0. The maximum absolute atomic E-state index is 12.0. The van der Waals surface area contributed by atoms with E-state index in [-0.39, 0.29) is 18.4 Å². The predicted octanol–water partition coefficient (Wildman–Crippen LogP) is 0.145. The molecule has 0 aromatic carbocycles. The number of hydrogen-bond acceptors (Lipinski definition) is 3. The van der Waals surface area contributed by atoms with Crippen LogP contribution in [0.15, 0.2) is 0 Å². The lowest BCUT2D eigenvalue weighted by Crippen LogP contribution is -2.55. The maximum atomic E-state index is 12.0. The van der Waals surface area contributed by atoms with E-state index < -0.39 is 11.4 Å². The monoisotopic (exact) mass is 241 g/mol. The van der Waals surface area contributed by atoms with E-state index >= 15 is 0 Å².